The molecule has 2 aromatic rings. The lowest BCUT2D eigenvalue weighted by atomic mass is 10.3. The van der Waals surface area contributed by atoms with E-state index in [0.717, 1.165) is 11.8 Å². The van der Waals surface area contributed by atoms with Crippen molar-refractivity contribution >= 4 is 45.3 Å². The second-order valence-electron chi connectivity index (χ2n) is 3.15. The third-order valence-corrected chi connectivity index (χ3v) is 4.03. The van der Waals surface area contributed by atoms with Gasteiger partial charge >= 0.3 is 5.97 Å². The van der Waals surface area contributed by atoms with E-state index in [2.05, 4.69) is 31.5 Å². The molecule has 0 saturated heterocycles. The van der Waals surface area contributed by atoms with Crippen LogP contribution in [0.15, 0.2) is 27.8 Å². The average molecular weight is 350 g/mol. The van der Waals surface area contributed by atoms with Crippen molar-refractivity contribution in [3.05, 3.63) is 27.7 Å². The van der Waals surface area contributed by atoms with Gasteiger partial charge in [0.1, 0.15) is 0 Å². The van der Waals surface area contributed by atoms with Crippen LogP contribution in [-0.4, -0.2) is 37.0 Å². The molecular formula is C9H6BrClN4O2S. The number of benzene rings is 1. The molecule has 18 heavy (non-hydrogen) atoms. The molecule has 0 fully saturated rings. The molecule has 94 valence electrons. The fourth-order valence-corrected chi connectivity index (χ4v) is 2.27. The summed E-state index contributed by atoms with van der Waals surface area (Å²) in [5, 5.41) is 20.7. The second-order valence-corrected chi connectivity index (χ2v) is 5.36. The van der Waals surface area contributed by atoms with Crippen LogP contribution < -0.4 is 0 Å². The predicted octanol–water partition coefficient (Wildman–Crippen LogP) is 2.25. The molecule has 9 heteroatoms. The summed E-state index contributed by atoms with van der Waals surface area (Å²) in [6, 6.07) is 5.20. The highest BCUT2D eigenvalue weighted by Gasteiger charge is 2.11. The number of hydrogen-bond acceptors (Lipinski definition) is 5. The Balaban J connectivity index is 2.30. The van der Waals surface area contributed by atoms with E-state index in [9.17, 15) is 4.79 Å². The summed E-state index contributed by atoms with van der Waals surface area (Å²) in [5.41, 5.74) is 0.698. The highest BCUT2D eigenvalue weighted by Crippen LogP contribution is 2.26. The zero-order valence-corrected chi connectivity index (χ0v) is 11.9. The van der Waals surface area contributed by atoms with Gasteiger partial charge in [0.2, 0.25) is 5.16 Å². The average Bonchev–Trinajstić information content (AvgIpc) is 2.78. The Morgan fingerprint density at radius 3 is 3.00 bits per heavy atom. The van der Waals surface area contributed by atoms with Crippen LogP contribution in [0.4, 0.5) is 0 Å². The summed E-state index contributed by atoms with van der Waals surface area (Å²) >= 11 is 10.2. The number of carboxylic acids is 1. The van der Waals surface area contributed by atoms with Crippen LogP contribution in [-0.2, 0) is 4.79 Å². The normalized spacial score (nSPS) is 10.6. The number of carbonyl (C=O) groups is 1. The summed E-state index contributed by atoms with van der Waals surface area (Å²) < 4.78 is 2.17. The van der Waals surface area contributed by atoms with E-state index in [1.165, 1.54) is 4.68 Å². The van der Waals surface area contributed by atoms with Gasteiger partial charge in [-0.15, -0.1) is 5.10 Å². The molecule has 6 nitrogen and oxygen atoms in total. The number of aromatic nitrogens is 4. The largest absolute Gasteiger partial charge is 0.481 e. The van der Waals surface area contributed by atoms with Crippen LogP contribution in [0, 0.1) is 0 Å². The highest BCUT2D eigenvalue weighted by molar-refractivity contribution is 9.10. The topological polar surface area (TPSA) is 80.9 Å². The van der Waals surface area contributed by atoms with E-state index >= 15 is 0 Å². The van der Waals surface area contributed by atoms with E-state index in [-0.39, 0.29) is 5.75 Å². The molecule has 0 saturated carbocycles. The lowest BCUT2D eigenvalue weighted by Crippen LogP contribution is -2.03. The smallest absolute Gasteiger partial charge is 0.313 e. The molecule has 1 N–H and O–H groups in total. The van der Waals surface area contributed by atoms with Crippen molar-refractivity contribution < 1.29 is 9.90 Å². The van der Waals surface area contributed by atoms with Gasteiger partial charge in [-0.1, -0.05) is 23.4 Å². The number of halogens is 2. The molecular weight excluding hydrogens is 344 g/mol. The SMILES string of the molecule is O=C(O)CSc1nnnn1-c1ccc(Cl)c(Br)c1. The first-order valence-electron chi connectivity index (χ1n) is 4.66. The van der Waals surface area contributed by atoms with Gasteiger partial charge in [0.25, 0.3) is 0 Å². The Kier molecular flexibility index (Phi) is 4.20. The van der Waals surface area contributed by atoms with Crippen molar-refractivity contribution in [2.45, 2.75) is 5.16 Å². The van der Waals surface area contributed by atoms with Crippen LogP contribution in [0.5, 0.6) is 0 Å². The quantitative estimate of drug-likeness (QED) is 0.853. The van der Waals surface area contributed by atoms with Gasteiger partial charge in [-0.3, -0.25) is 4.79 Å². The van der Waals surface area contributed by atoms with Crippen molar-refractivity contribution in [3.63, 3.8) is 0 Å². The molecule has 1 aromatic carbocycles. The molecule has 0 amide bonds. The highest BCUT2D eigenvalue weighted by atomic mass is 79.9. The predicted molar refractivity (Wildman–Crippen MR) is 70.2 cm³/mol. The summed E-state index contributed by atoms with van der Waals surface area (Å²) in [4.78, 5) is 10.5. The number of rotatable bonds is 4. The van der Waals surface area contributed by atoms with E-state index in [1.54, 1.807) is 18.2 Å². The van der Waals surface area contributed by atoms with Crippen LogP contribution in [0.25, 0.3) is 5.69 Å². The maximum absolute atomic E-state index is 10.5. The molecule has 1 aromatic heterocycles. The molecule has 0 unspecified atom stereocenters. The standard InChI is InChI=1S/C9H6BrClN4O2S/c10-6-3-5(1-2-7(6)11)15-9(12-13-14-15)18-4-8(16)17/h1-3H,4H2,(H,16,17). The molecule has 1 heterocycles. The Labute approximate surface area is 119 Å². The number of nitrogens with zero attached hydrogens (tertiary/aromatic N) is 4. The maximum Gasteiger partial charge on any atom is 0.313 e. The minimum absolute atomic E-state index is 0.102. The van der Waals surface area contributed by atoms with Gasteiger partial charge in [-0.25, -0.2) is 0 Å². The van der Waals surface area contributed by atoms with E-state index in [0.29, 0.717) is 20.3 Å². The van der Waals surface area contributed by atoms with Gasteiger partial charge in [-0.2, -0.15) is 4.68 Å². The van der Waals surface area contributed by atoms with Crippen molar-refractivity contribution in [2.24, 2.45) is 0 Å². The zero-order valence-electron chi connectivity index (χ0n) is 8.75. The van der Waals surface area contributed by atoms with E-state index in [1.807, 2.05) is 0 Å². The van der Waals surface area contributed by atoms with Crippen LogP contribution in [0.1, 0.15) is 0 Å². The molecule has 0 aliphatic heterocycles. The Bertz CT molecular complexity index is 592. The molecule has 0 spiro atoms. The summed E-state index contributed by atoms with van der Waals surface area (Å²) in [5.74, 6) is -1.03. The first-order valence-corrected chi connectivity index (χ1v) is 6.82. The van der Waals surface area contributed by atoms with E-state index in [4.69, 9.17) is 16.7 Å². The fourth-order valence-electron chi connectivity index (χ4n) is 1.17. The third-order valence-electron chi connectivity index (χ3n) is 1.91. The zero-order chi connectivity index (χ0) is 13.1. The first kappa shape index (κ1) is 13.3. The van der Waals surface area contributed by atoms with E-state index < -0.39 is 5.97 Å². The van der Waals surface area contributed by atoms with Gasteiger partial charge < -0.3 is 5.11 Å². The Morgan fingerprint density at radius 1 is 1.56 bits per heavy atom. The van der Waals surface area contributed by atoms with Crippen molar-refractivity contribution in [2.75, 3.05) is 5.75 Å². The van der Waals surface area contributed by atoms with Crippen LogP contribution in [0.3, 0.4) is 0 Å². The fraction of sp³-hybridized carbons (Fsp3) is 0.111. The second kappa shape index (κ2) is 5.68. The molecule has 0 aliphatic rings. The summed E-state index contributed by atoms with van der Waals surface area (Å²) in [6.07, 6.45) is 0. The maximum atomic E-state index is 10.5. The van der Waals surface area contributed by atoms with Gasteiger partial charge in [-0.05, 0) is 44.6 Å². The number of thioether (sulfide) groups is 1. The van der Waals surface area contributed by atoms with Crippen LogP contribution in [0.2, 0.25) is 5.02 Å². The third kappa shape index (κ3) is 3.01. The molecule has 0 aliphatic carbocycles. The van der Waals surface area contributed by atoms with Crippen molar-refractivity contribution in [3.8, 4) is 5.69 Å². The monoisotopic (exact) mass is 348 g/mol. The van der Waals surface area contributed by atoms with Gasteiger partial charge in [0.05, 0.1) is 16.5 Å². The number of hydrogen-bond donors (Lipinski definition) is 1. The first-order chi connectivity index (χ1) is 8.58. The van der Waals surface area contributed by atoms with Gasteiger partial charge in [0, 0.05) is 4.47 Å². The number of carboxylic acid groups (broad SMARTS) is 1. The lowest BCUT2D eigenvalue weighted by molar-refractivity contribution is -0.133. The summed E-state index contributed by atoms with van der Waals surface area (Å²) in [6.45, 7) is 0. The Morgan fingerprint density at radius 2 is 2.33 bits per heavy atom. The number of tetrazole rings is 1. The van der Waals surface area contributed by atoms with Crippen molar-refractivity contribution in [1.29, 1.82) is 0 Å². The molecule has 2 rings (SSSR count). The lowest BCUT2D eigenvalue weighted by Gasteiger charge is -2.04. The van der Waals surface area contributed by atoms with Crippen LogP contribution >= 0.6 is 39.3 Å². The molecule has 0 atom stereocenters. The minimum atomic E-state index is -0.924. The molecule has 0 radical (unpaired) electrons. The number of aliphatic carboxylic acids is 1. The molecule has 0 bridgehead atoms. The Hall–Kier alpha value is -1.12. The minimum Gasteiger partial charge on any atom is -0.481 e. The van der Waals surface area contributed by atoms with Crippen molar-refractivity contribution in [1.82, 2.24) is 20.2 Å². The summed E-state index contributed by atoms with van der Waals surface area (Å²) in [7, 11) is 0. The van der Waals surface area contributed by atoms with Gasteiger partial charge in [0.15, 0.2) is 0 Å².